The minimum absolute atomic E-state index is 0.631. The van der Waals surface area contributed by atoms with Gasteiger partial charge in [0, 0.05) is 32.6 Å². The molecule has 1 saturated carbocycles. The third kappa shape index (κ3) is 3.58. The number of hydrogen-bond acceptors (Lipinski definition) is 4. The molecular formula is C15H26N4. The van der Waals surface area contributed by atoms with E-state index >= 15 is 0 Å². The van der Waals surface area contributed by atoms with E-state index in [1.54, 1.807) is 0 Å². The monoisotopic (exact) mass is 262 g/mol. The summed E-state index contributed by atoms with van der Waals surface area (Å²) in [7, 11) is 4.09. The van der Waals surface area contributed by atoms with Crippen molar-refractivity contribution in [1.29, 1.82) is 0 Å². The van der Waals surface area contributed by atoms with E-state index < -0.39 is 0 Å². The lowest BCUT2D eigenvalue weighted by atomic mass is 10.1. The molecule has 1 fully saturated rings. The molecule has 106 valence electrons. The maximum atomic E-state index is 4.68. The summed E-state index contributed by atoms with van der Waals surface area (Å²) in [6.07, 6.45) is 8.92. The molecule has 1 N–H and O–H groups in total. The number of nitrogens with zero attached hydrogens (tertiary/aromatic N) is 3. The van der Waals surface area contributed by atoms with E-state index in [4.69, 9.17) is 0 Å². The van der Waals surface area contributed by atoms with Crippen LogP contribution in [0.4, 0.5) is 11.6 Å². The summed E-state index contributed by atoms with van der Waals surface area (Å²) in [5.74, 6) is 2.90. The van der Waals surface area contributed by atoms with Gasteiger partial charge in [-0.15, -0.1) is 0 Å². The molecule has 1 aliphatic carbocycles. The zero-order valence-corrected chi connectivity index (χ0v) is 12.4. The van der Waals surface area contributed by atoms with Gasteiger partial charge >= 0.3 is 0 Å². The second-order valence-corrected chi connectivity index (χ2v) is 5.39. The van der Waals surface area contributed by atoms with E-state index in [0.29, 0.717) is 6.04 Å². The molecule has 1 aromatic heterocycles. The summed E-state index contributed by atoms with van der Waals surface area (Å²) in [6.45, 7) is 2.10. The molecule has 0 radical (unpaired) electrons. The smallest absolute Gasteiger partial charge is 0.134 e. The molecule has 0 bridgehead atoms. The van der Waals surface area contributed by atoms with E-state index in [9.17, 15) is 0 Å². The van der Waals surface area contributed by atoms with Gasteiger partial charge in [0.25, 0.3) is 0 Å². The van der Waals surface area contributed by atoms with Crippen molar-refractivity contribution in [3.8, 4) is 0 Å². The number of aryl methyl sites for hydroxylation is 1. The molecule has 1 aromatic rings. The molecule has 1 heterocycles. The summed E-state index contributed by atoms with van der Waals surface area (Å²) in [5, 5.41) is 3.13. The molecule has 0 aliphatic heterocycles. The minimum Gasteiger partial charge on any atom is -0.373 e. The average Bonchev–Trinajstić information content (AvgIpc) is 2.74. The van der Waals surface area contributed by atoms with Crippen LogP contribution in [0.15, 0.2) is 6.07 Å². The lowest BCUT2D eigenvalue weighted by Crippen LogP contribution is -2.32. The van der Waals surface area contributed by atoms with Crippen LogP contribution in [-0.4, -0.2) is 30.1 Å². The number of anilines is 2. The second kappa shape index (κ2) is 6.73. The summed E-state index contributed by atoms with van der Waals surface area (Å²) in [6, 6.07) is 2.69. The Balaban J connectivity index is 2.18. The fraction of sp³-hybridized carbons (Fsp3) is 0.733. The Labute approximate surface area is 116 Å². The van der Waals surface area contributed by atoms with Crippen LogP contribution in [0.5, 0.6) is 0 Å². The van der Waals surface area contributed by atoms with Crippen molar-refractivity contribution in [1.82, 2.24) is 9.97 Å². The van der Waals surface area contributed by atoms with Crippen molar-refractivity contribution in [3.05, 3.63) is 11.9 Å². The fourth-order valence-electron chi connectivity index (χ4n) is 2.78. The van der Waals surface area contributed by atoms with Crippen LogP contribution in [0.2, 0.25) is 0 Å². The van der Waals surface area contributed by atoms with Gasteiger partial charge in [0.1, 0.15) is 17.5 Å². The van der Waals surface area contributed by atoms with Gasteiger partial charge in [-0.1, -0.05) is 32.6 Å². The molecule has 0 amide bonds. The Morgan fingerprint density at radius 1 is 1.21 bits per heavy atom. The zero-order valence-electron chi connectivity index (χ0n) is 12.4. The van der Waals surface area contributed by atoms with Gasteiger partial charge in [-0.25, -0.2) is 9.97 Å². The van der Waals surface area contributed by atoms with Gasteiger partial charge in [0.15, 0.2) is 0 Å². The quantitative estimate of drug-likeness (QED) is 0.846. The summed E-state index contributed by atoms with van der Waals surface area (Å²) in [5.41, 5.74) is 0. The van der Waals surface area contributed by atoms with E-state index in [0.717, 1.165) is 23.9 Å². The van der Waals surface area contributed by atoms with Crippen molar-refractivity contribution in [2.45, 2.75) is 57.9 Å². The van der Waals surface area contributed by atoms with Gasteiger partial charge in [0.2, 0.25) is 0 Å². The highest BCUT2D eigenvalue weighted by Crippen LogP contribution is 2.25. The number of aromatic nitrogens is 2. The maximum Gasteiger partial charge on any atom is 0.134 e. The molecule has 4 nitrogen and oxygen atoms in total. The molecule has 0 spiro atoms. The Morgan fingerprint density at radius 2 is 1.89 bits per heavy atom. The summed E-state index contributed by atoms with van der Waals surface area (Å²) in [4.78, 5) is 11.5. The average molecular weight is 262 g/mol. The molecule has 4 heteroatoms. The maximum absolute atomic E-state index is 4.68. The molecule has 0 saturated heterocycles. The Kier molecular flexibility index (Phi) is 5.00. The van der Waals surface area contributed by atoms with Crippen LogP contribution < -0.4 is 10.2 Å². The van der Waals surface area contributed by atoms with Crippen LogP contribution in [0, 0.1) is 0 Å². The Bertz CT molecular complexity index is 375. The van der Waals surface area contributed by atoms with Crippen molar-refractivity contribution < 1.29 is 0 Å². The topological polar surface area (TPSA) is 41.1 Å². The van der Waals surface area contributed by atoms with Crippen molar-refractivity contribution >= 4 is 11.6 Å². The number of nitrogens with one attached hydrogen (secondary N) is 1. The first-order valence-corrected chi connectivity index (χ1v) is 7.53. The Hall–Kier alpha value is -1.32. The fourth-order valence-corrected chi connectivity index (χ4v) is 2.78. The number of rotatable bonds is 4. The van der Waals surface area contributed by atoms with Crippen LogP contribution in [-0.2, 0) is 6.42 Å². The van der Waals surface area contributed by atoms with Crippen molar-refractivity contribution in [2.24, 2.45) is 0 Å². The summed E-state index contributed by atoms with van der Waals surface area (Å²) >= 11 is 0. The van der Waals surface area contributed by atoms with Crippen LogP contribution in [0.25, 0.3) is 0 Å². The zero-order chi connectivity index (χ0) is 13.7. The van der Waals surface area contributed by atoms with Crippen molar-refractivity contribution in [2.75, 3.05) is 24.3 Å². The predicted octanol–water partition coefficient (Wildman–Crippen LogP) is 3.24. The van der Waals surface area contributed by atoms with E-state index in [2.05, 4.69) is 40.2 Å². The van der Waals surface area contributed by atoms with Crippen LogP contribution in [0.1, 0.15) is 51.3 Å². The van der Waals surface area contributed by atoms with Crippen molar-refractivity contribution in [3.63, 3.8) is 0 Å². The first-order valence-electron chi connectivity index (χ1n) is 7.53. The molecular weight excluding hydrogens is 236 g/mol. The molecule has 1 aliphatic rings. The van der Waals surface area contributed by atoms with Gasteiger partial charge in [0.05, 0.1) is 0 Å². The third-order valence-electron chi connectivity index (χ3n) is 4.07. The predicted molar refractivity (Wildman–Crippen MR) is 80.8 cm³/mol. The highest BCUT2D eigenvalue weighted by molar-refractivity contribution is 5.49. The van der Waals surface area contributed by atoms with Gasteiger partial charge < -0.3 is 10.2 Å². The lowest BCUT2D eigenvalue weighted by Gasteiger charge is -2.28. The SMILES string of the molecule is CCc1nc(NC)cc(N(C)C2CCCCCC2)n1. The molecule has 0 atom stereocenters. The molecule has 2 rings (SSSR count). The van der Waals surface area contributed by atoms with Crippen LogP contribution >= 0.6 is 0 Å². The normalized spacial score (nSPS) is 17.0. The van der Waals surface area contributed by atoms with E-state index in [-0.39, 0.29) is 0 Å². The lowest BCUT2D eigenvalue weighted by molar-refractivity contribution is 0.548. The third-order valence-corrected chi connectivity index (χ3v) is 4.07. The summed E-state index contributed by atoms with van der Waals surface area (Å²) < 4.78 is 0. The second-order valence-electron chi connectivity index (χ2n) is 5.39. The molecule has 19 heavy (non-hydrogen) atoms. The molecule has 0 aromatic carbocycles. The first kappa shape index (κ1) is 14.1. The standard InChI is InChI=1S/C15H26N4/c1-4-13-17-14(16-2)11-15(18-13)19(3)12-9-7-5-6-8-10-12/h11-12H,4-10H2,1-3H3,(H,16,17,18). The van der Waals surface area contributed by atoms with E-state index in [1.807, 2.05) is 7.05 Å². The largest absolute Gasteiger partial charge is 0.373 e. The van der Waals surface area contributed by atoms with Gasteiger partial charge in [-0.05, 0) is 12.8 Å². The molecule has 0 unspecified atom stereocenters. The minimum atomic E-state index is 0.631. The Morgan fingerprint density at radius 3 is 2.47 bits per heavy atom. The van der Waals surface area contributed by atoms with E-state index in [1.165, 1.54) is 38.5 Å². The number of hydrogen-bond donors (Lipinski definition) is 1. The van der Waals surface area contributed by atoms with Crippen LogP contribution in [0.3, 0.4) is 0 Å². The highest BCUT2D eigenvalue weighted by Gasteiger charge is 2.19. The van der Waals surface area contributed by atoms with Gasteiger partial charge in [-0.2, -0.15) is 0 Å². The first-order chi connectivity index (χ1) is 9.24. The highest BCUT2D eigenvalue weighted by atomic mass is 15.2. The van der Waals surface area contributed by atoms with Gasteiger partial charge in [-0.3, -0.25) is 0 Å².